The number of imide groups is 2. The van der Waals surface area contributed by atoms with Gasteiger partial charge >= 0.3 is 17.9 Å². The number of ketones is 1. The number of carbonyl (C=O) groups excluding carboxylic acids is 9. The van der Waals surface area contributed by atoms with Crippen molar-refractivity contribution >= 4 is 59.1 Å². The van der Waals surface area contributed by atoms with E-state index in [4.69, 9.17) is 9.68 Å². The first-order chi connectivity index (χ1) is 25.3. The minimum atomic E-state index is -1.38. The first-order valence-corrected chi connectivity index (χ1v) is 18.7. The van der Waals surface area contributed by atoms with E-state index in [0.717, 1.165) is 56.3 Å². The Morgan fingerprint density at radius 2 is 0.981 bits per heavy atom. The molecule has 53 heavy (non-hydrogen) atoms. The molecule has 2 aliphatic heterocycles. The van der Waals surface area contributed by atoms with Crippen LogP contribution in [-0.4, -0.2) is 98.4 Å². The number of unbranched alkanes of at least 4 members (excludes halogenated alkanes) is 11. The zero-order valence-electron chi connectivity index (χ0n) is 30.7. The average molecular weight is 751 g/mol. The molecule has 2 heterocycles. The summed E-state index contributed by atoms with van der Waals surface area (Å²) >= 11 is 0. The van der Waals surface area contributed by atoms with E-state index < -0.39 is 78.7 Å². The Bertz CT molecular complexity index is 1250. The Kier molecular flexibility index (Phi) is 20.6. The molecule has 2 aliphatic rings. The summed E-state index contributed by atoms with van der Waals surface area (Å²) in [6.07, 6.45) is 11.1. The highest BCUT2D eigenvalue weighted by Gasteiger charge is 2.34. The minimum Gasteiger partial charge on any atom is -0.480 e. The number of rotatable bonds is 28. The van der Waals surface area contributed by atoms with Crippen LogP contribution in [0.4, 0.5) is 0 Å². The number of carboxylic acid groups (broad SMARTS) is 1. The van der Waals surface area contributed by atoms with Crippen molar-refractivity contribution < 1.29 is 62.7 Å². The summed E-state index contributed by atoms with van der Waals surface area (Å²) in [6, 6.07) is -1.38. The van der Waals surface area contributed by atoms with Crippen LogP contribution in [0.2, 0.25) is 0 Å². The zero-order chi connectivity index (χ0) is 39.2. The topological polar surface area (TPSA) is 231 Å². The Morgan fingerprint density at radius 1 is 0.604 bits per heavy atom. The molecule has 0 saturated carbocycles. The smallest absolute Gasteiger partial charge is 0.334 e. The Hall–Kier alpha value is -4.70. The fourth-order valence-electron chi connectivity index (χ4n) is 5.80. The number of hydrogen-bond donors (Lipinski definition) is 2. The number of aliphatic carboxylic acids is 1. The normalized spacial score (nSPS) is 14.7. The summed E-state index contributed by atoms with van der Waals surface area (Å²) in [6.45, 7) is 0.921. The van der Waals surface area contributed by atoms with Crippen molar-refractivity contribution in [3.63, 3.8) is 0 Å². The molecular formula is C36H54N4O13. The summed E-state index contributed by atoms with van der Waals surface area (Å²) < 4.78 is 0. The third kappa shape index (κ3) is 18.1. The third-order valence-corrected chi connectivity index (χ3v) is 8.89. The van der Waals surface area contributed by atoms with E-state index in [0.29, 0.717) is 23.0 Å². The second kappa shape index (κ2) is 24.5. The molecule has 0 spiro atoms. The summed E-state index contributed by atoms with van der Waals surface area (Å²) in [4.78, 5) is 131. The summed E-state index contributed by atoms with van der Waals surface area (Å²) in [7, 11) is 0. The lowest BCUT2D eigenvalue weighted by Gasteiger charge is -2.24. The first-order valence-electron chi connectivity index (χ1n) is 18.7. The van der Waals surface area contributed by atoms with E-state index in [2.05, 4.69) is 5.32 Å². The fourth-order valence-corrected chi connectivity index (χ4v) is 5.80. The van der Waals surface area contributed by atoms with Crippen LogP contribution >= 0.6 is 0 Å². The van der Waals surface area contributed by atoms with E-state index in [9.17, 15) is 53.1 Å². The second-order valence-corrected chi connectivity index (χ2v) is 13.4. The number of carboxylic acids is 1. The summed E-state index contributed by atoms with van der Waals surface area (Å²) in [5.41, 5.74) is 0. The fraction of sp³-hybridized carbons (Fsp3) is 0.722. The summed E-state index contributed by atoms with van der Waals surface area (Å²) in [5.74, 6) is -7.05. The van der Waals surface area contributed by atoms with Gasteiger partial charge in [-0.15, -0.1) is 10.1 Å². The Morgan fingerprint density at radius 3 is 1.36 bits per heavy atom. The molecule has 17 nitrogen and oxygen atoms in total. The average Bonchev–Trinajstić information content (AvgIpc) is 3.59. The standard InChI is InChI=1S/C36H54N4O13/c1-26(41)14-12-10-8-6-4-2-3-5-7-9-11-13-15-28(42)37-27(36(50)51)16-17-29(43)38(24-22-34(48)52-39-30(44)18-19-31(39)45)25-23-35(49)53-40-32(46)20-21-33(40)47/h27H,2-25H2,1H3,(H,37,42)(H,50,51)/t27-/m1/s1. The molecule has 1 atom stereocenters. The van der Waals surface area contributed by atoms with E-state index in [-0.39, 0.29) is 57.4 Å². The van der Waals surface area contributed by atoms with Crippen LogP contribution in [0.5, 0.6) is 0 Å². The molecule has 2 N–H and O–H groups in total. The van der Waals surface area contributed by atoms with Gasteiger partial charge in [0.15, 0.2) is 0 Å². The van der Waals surface area contributed by atoms with E-state index in [1.165, 1.54) is 19.3 Å². The van der Waals surface area contributed by atoms with Crippen LogP contribution in [0.25, 0.3) is 0 Å². The quantitative estimate of drug-likeness (QED) is 0.0865. The number of nitrogens with zero attached hydrogens (tertiary/aromatic N) is 3. The molecule has 0 aliphatic carbocycles. The van der Waals surface area contributed by atoms with Crippen molar-refractivity contribution in [1.82, 2.24) is 20.3 Å². The van der Waals surface area contributed by atoms with Crippen LogP contribution in [0.3, 0.4) is 0 Å². The predicted molar refractivity (Wildman–Crippen MR) is 184 cm³/mol. The van der Waals surface area contributed by atoms with Crippen molar-refractivity contribution in [1.29, 1.82) is 0 Å². The molecule has 0 aromatic heterocycles. The number of hydroxylamine groups is 4. The van der Waals surface area contributed by atoms with Gasteiger partial charge < -0.3 is 29.8 Å². The van der Waals surface area contributed by atoms with Gasteiger partial charge in [-0.2, -0.15) is 0 Å². The van der Waals surface area contributed by atoms with Gasteiger partial charge in [0.2, 0.25) is 11.8 Å². The molecule has 2 saturated heterocycles. The SMILES string of the molecule is CC(=O)CCCCCCCCCCCCCCC(=O)N[C@H](CCC(=O)N(CCC(=O)ON1C(=O)CCC1=O)CCC(=O)ON1C(=O)CCC1=O)C(=O)O. The molecule has 296 valence electrons. The van der Waals surface area contributed by atoms with E-state index in [1.807, 2.05) is 0 Å². The number of hydrogen-bond acceptors (Lipinski definition) is 12. The monoisotopic (exact) mass is 750 g/mol. The minimum absolute atomic E-state index is 0.116. The van der Waals surface area contributed by atoms with Gasteiger partial charge in [-0.3, -0.25) is 28.8 Å². The van der Waals surface area contributed by atoms with Crippen molar-refractivity contribution in [2.45, 2.75) is 154 Å². The van der Waals surface area contributed by atoms with Gasteiger partial charge in [0.25, 0.3) is 23.6 Å². The van der Waals surface area contributed by atoms with Gasteiger partial charge in [0.05, 0.1) is 12.8 Å². The van der Waals surface area contributed by atoms with Gasteiger partial charge in [0.1, 0.15) is 11.8 Å². The number of nitrogens with one attached hydrogen (secondary N) is 1. The highest BCUT2D eigenvalue weighted by Crippen LogP contribution is 2.16. The van der Waals surface area contributed by atoms with Crippen LogP contribution in [0, 0.1) is 0 Å². The zero-order valence-corrected chi connectivity index (χ0v) is 30.7. The van der Waals surface area contributed by atoms with Crippen LogP contribution in [0.1, 0.15) is 148 Å². The molecular weight excluding hydrogens is 696 g/mol. The predicted octanol–water partition coefficient (Wildman–Crippen LogP) is 3.21. The summed E-state index contributed by atoms with van der Waals surface area (Å²) in [5, 5.41) is 12.8. The lowest BCUT2D eigenvalue weighted by Crippen LogP contribution is -2.42. The molecule has 0 radical (unpaired) electrons. The maximum Gasteiger partial charge on any atom is 0.334 e. The van der Waals surface area contributed by atoms with Gasteiger partial charge in [-0.1, -0.05) is 64.2 Å². The maximum absolute atomic E-state index is 13.2. The van der Waals surface area contributed by atoms with Crippen LogP contribution in [-0.2, 0) is 57.6 Å². The van der Waals surface area contributed by atoms with Gasteiger partial charge in [-0.25, -0.2) is 14.4 Å². The number of carbonyl (C=O) groups is 10. The maximum atomic E-state index is 13.2. The lowest BCUT2D eigenvalue weighted by molar-refractivity contribution is -0.198. The third-order valence-electron chi connectivity index (χ3n) is 8.89. The van der Waals surface area contributed by atoms with Crippen LogP contribution in [0.15, 0.2) is 0 Å². The second-order valence-electron chi connectivity index (χ2n) is 13.4. The van der Waals surface area contributed by atoms with E-state index >= 15 is 0 Å². The number of amides is 6. The Balaban J connectivity index is 1.75. The lowest BCUT2D eigenvalue weighted by atomic mass is 10.0. The largest absolute Gasteiger partial charge is 0.480 e. The molecule has 0 bridgehead atoms. The van der Waals surface area contributed by atoms with E-state index in [1.54, 1.807) is 6.92 Å². The van der Waals surface area contributed by atoms with Crippen LogP contribution < -0.4 is 5.32 Å². The van der Waals surface area contributed by atoms with Crippen molar-refractivity contribution in [3.05, 3.63) is 0 Å². The molecule has 0 unspecified atom stereocenters. The first kappa shape index (κ1) is 44.5. The Labute approximate surface area is 309 Å². The van der Waals surface area contributed by atoms with Crippen molar-refractivity contribution in [2.75, 3.05) is 13.1 Å². The van der Waals surface area contributed by atoms with Gasteiger partial charge in [-0.05, 0) is 26.2 Å². The molecule has 6 amide bonds. The molecule has 17 heteroatoms. The molecule has 0 aromatic carbocycles. The molecule has 0 aromatic rings. The van der Waals surface area contributed by atoms with Gasteiger partial charge in [0, 0.05) is 58.0 Å². The van der Waals surface area contributed by atoms with Crippen molar-refractivity contribution in [2.24, 2.45) is 0 Å². The van der Waals surface area contributed by atoms with Crippen molar-refractivity contribution in [3.8, 4) is 0 Å². The highest BCUT2D eigenvalue weighted by molar-refractivity contribution is 6.02. The molecule has 2 fully saturated rings. The highest BCUT2D eigenvalue weighted by atomic mass is 16.7. The molecule has 2 rings (SSSR count). The number of Topliss-reactive ketones (excluding diaryl/α,β-unsaturated/α-hetero) is 1.